The van der Waals surface area contributed by atoms with Crippen LogP contribution in [0.2, 0.25) is 0 Å². The van der Waals surface area contributed by atoms with Crippen LogP contribution in [0.15, 0.2) is 36.5 Å². The number of nitrogens with zero attached hydrogens (tertiary/aromatic N) is 2. The highest BCUT2D eigenvalue weighted by atomic mass is 16.1. The lowest BCUT2D eigenvalue weighted by Crippen LogP contribution is -2.33. The summed E-state index contributed by atoms with van der Waals surface area (Å²) in [7, 11) is 0. The van der Waals surface area contributed by atoms with Crippen molar-refractivity contribution in [3.05, 3.63) is 53.5 Å². The van der Waals surface area contributed by atoms with Crippen molar-refractivity contribution in [2.24, 2.45) is 5.92 Å². The lowest BCUT2D eigenvalue weighted by molar-refractivity contribution is -0.108. The summed E-state index contributed by atoms with van der Waals surface area (Å²) in [6.07, 6.45) is 16.4. The summed E-state index contributed by atoms with van der Waals surface area (Å²) < 4.78 is 0. The fraction of sp³-hybridized carbons (Fsp3) is 0.567. The van der Waals surface area contributed by atoms with Crippen molar-refractivity contribution in [1.29, 1.82) is 0 Å². The standard InChI is InChI=1S/C30H40N2O/c1-29(2)17-18-30(3,4)26-21-24(14-15-25(26)29)27-16-19-31-28(32-27)23-12-7-10-22(11-8-13-23)9-5-6-20-33/h12,14-16,19-22H,5-11,13,17-18H2,1-4H3. The number of carbonyl (C=O) groups is 1. The number of aromatic nitrogens is 2. The van der Waals surface area contributed by atoms with Gasteiger partial charge in [-0.25, -0.2) is 9.97 Å². The van der Waals surface area contributed by atoms with Crippen molar-refractivity contribution in [1.82, 2.24) is 9.97 Å². The van der Waals surface area contributed by atoms with Gasteiger partial charge in [0.05, 0.1) is 5.69 Å². The number of benzene rings is 1. The van der Waals surface area contributed by atoms with Crippen LogP contribution in [0, 0.1) is 5.92 Å². The third-order valence-electron chi connectivity index (χ3n) is 8.05. The van der Waals surface area contributed by atoms with Crippen LogP contribution in [0.1, 0.15) is 109 Å². The minimum atomic E-state index is 0.195. The molecule has 1 aromatic carbocycles. The first-order valence-corrected chi connectivity index (χ1v) is 12.9. The summed E-state index contributed by atoms with van der Waals surface area (Å²) in [6, 6.07) is 9.04. The second-order valence-corrected chi connectivity index (χ2v) is 11.5. The Morgan fingerprint density at radius 1 is 1.03 bits per heavy atom. The highest BCUT2D eigenvalue weighted by Gasteiger charge is 2.37. The van der Waals surface area contributed by atoms with Gasteiger partial charge in [-0.15, -0.1) is 0 Å². The largest absolute Gasteiger partial charge is 0.303 e. The molecule has 33 heavy (non-hydrogen) atoms. The molecule has 1 aromatic heterocycles. The van der Waals surface area contributed by atoms with Crippen LogP contribution in [0.25, 0.3) is 16.8 Å². The van der Waals surface area contributed by atoms with E-state index in [-0.39, 0.29) is 10.8 Å². The molecule has 0 saturated carbocycles. The Bertz CT molecular complexity index is 1020. The topological polar surface area (TPSA) is 42.9 Å². The smallest absolute Gasteiger partial charge is 0.155 e. The Morgan fingerprint density at radius 2 is 1.82 bits per heavy atom. The Kier molecular flexibility index (Phi) is 7.16. The maximum atomic E-state index is 10.6. The van der Waals surface area contributed by atoms with Gasteiger partial charge in [-0.2, -0.15) is 0 Å². The van der Waals surface area contributed by atoms with Crippen molar-refractivity contribution in [3.8, 4) is 11.3 Å². The van der Waals surface area contributed by atoms with E-state index < -0.39 is 0 Å². The van der Waals surface area contributed by atoms with E-state index in [9.17, 15) is 4.79 Å². The van der Waals surface area contributed by atoms with E-state index in [2.05, 4.69) is 63.0 Å². The van der Waals surface area contributed by atoms with Gasteiger partial charge in [0.2, 0.25) is 0 Å². The maximum absolute atomic E-state index is 10.6. The fourth-order valence-corrected chi connectivity index (χ4v) is 5.72. The first-order chi connectivity index (χ1) is 15.8. The van der Waals surface area contributed by atoms with Gasteiger partial charge in [-0.05, 0) is 90.5 Å². The normalized spacial score (nSPS) is 21.9. The van der Waals surface area contributed by atoms with Crippen molar-refractivity contribution in [2.45, 2.75) is 103 Å². The van der Waals surface area contributed by atoms with Crippen LogP contribution in [-0.2, 0) is 15.6 Å². The van der Waals surface area contributed by atoms with E-state index in [1.54, 1.807) is 0 Å². The molecule has 176 valence electrons. The van der Waals surface area contributed by atoms with Crippen LogP contribution in [0.3, 0.4) is 0 Å². The van der Waals surface area contributed by atoms with E-state index in [1.807, 2.05) is 6.20 Å². The quantitative estimate of drug-likeness (QED) is 0.337. The first-order valence-electron chi connectivity index (χ1n) is 12.9. The number of carbonyl (C=O) groups excluding carboxylic acids is 1. The summed E-state index contributed by atoms with van der Waals surface area (Å²) in [6.45, 7) is 9.50. The Morgan fingerprint density at radius 3 is 2.61 bits per heavy atom. The summed E-state index contributed by atoms with van der Waals surface area (Å²) in [4.78, 5) is 20.3. The molecule has 2 aliphatic rings. The first kappa shape index (κ1) is 23.9. The average Bonchev–Trinajstić information content (AvgIpc) is 2.78. The SMILES string of the molecule is CC1(C)CCC(C)(C)c2cc(-c3ccnc(C4=CCCC(CCCC=O)CCC4)n3)ccc21. The molecule has 1 heterocycles. The van der Waals surface area contributed by atoms with Crippen LogP contribution >= 0.6 is 0 Å². The van der Waals surface area contributed by atoms with Crippen LogP contribution in [0.4, 0.5) is 0 Å². The van der Waals surface area contributed by atoms with Crippen molar-refractivity contribution < 1.29 is 4.79 Å². The van der Waals surface area contributed by atoms with Crippen LogP contribution in [-0.4, -0.2) is 16.3 Å². The number of hydrogen-bond donors (Lipinski definition) is 0. The molecule has 0 bridgehead atoms. The van der Waals surface area contributed by atoms with Gasteiger partial charge in [0.25, 0.3) is 0 Å². The molecule has 2 aliphatic carbocycles. The molecule has 2 aromatic rings. The van der Waals surface area contributed by atoms with Gasteiger partial charge in [-0.3, -0.25) is 0 Å². The Labute approximate surface area is 200 Å². The van der Waals surface area contributed by atoms with E-state index in [4.69, 9.17) is 4.98 Å². The van der Waals surface area contributed by atoms with Crippen molar-refractivity contribution in [3.63, 3.8) is 0 Å². The van der Waals surface area contributed by atoms with Gasteiger partial charge in [0, 0.05) is 18.2 Å². The molecule has 0 spiro atoms. The molecule has 4 rings (SSSR count). The Balaban J connectivity index is 1.55. The highest BCUT2D eigenvalue weighted by Crippen LogP contribution is 2.46. The maximum Gasteiger partial charge on any atom is 0.155 e. The third-order valence-corrected chi connectivity index (χ3v) is 8.05. The monoisotopic (exact) mass is 444 g/mol. The third kappa shape index (κ3) is 5.45. The minimum Gasteiger partial charge on any atom is -0.303 e. The fourth-order valence-electron chi connectivity index (χ4n) is 5.72. The minimum absolute atomic E-state index is 0.195. The molecule has 1 atom stereocenters. The summed E-state index contributed by atoms with van der Waals surface area (Å²) in [5.74, 6) is 1.64. The molecule has 0 fully saturated rings. The van der Waals surface area contributed by atoms with E-state index >= 15 is 0 Å². The lowest BCUT2D eigenvalue weighted by Gasteiger charge is -2.42. The summed E-state index contributed by atoms with van der Waals surface area (Å²) >= 11 is 0. The predicted octanol–water partition coefficient (Wildman–Crippen LogP) is 7.83. The number of hydrogen-bond acceptors (Lipinski definition) is 3. The zero-order valence-corrected chi connectivity index (χ0v) is 21.0. The lowest BCUT2D eigenvalue weighted by atomic mass is 9.63. The molecule has 1 unspecified atom stereocenters. The summed E-state index contributed by atoms with van der Waals surface area (Å²) in [5.41, 5.74) is 6.91. The molecule has 3 nitrogen and oxygen atoms in total. The Hall–Kier alpha value is -2.29. The second kappa shape index (κ2) is 9.91. The van der Waals surface area contributed by atoms with E-state index in [0.29, 0.717) is 6.42 Å². The molecule has 0 aliphatic heterocycles. The number of rotatable bonds is 6. The number of allylic oxidation sites excluding steroid dienone is 2. The van der Waals surface area contributed by atoms with Gasteiger partial charge in [0.15, 0.2) is 5.82 Å². The zero-order valence-electron chi connectivity index (χ0n) is 21.0. The van der Waals surface area contributed by atoms with Gasteiger partial charge < -0.3 is 4.79 Å². The van der Waals surface area contributed by atoms with Crippen molar-refractivity contribution in [2.75, 3.05) is 0 Å². The van der Waals surface area contributed by atoms with Gasteiger partial charge >= 0.3 is 0 Å². The highest BCUT2D eigenvalue weighted by molar-refractivity contribution is 5.66. The number of fused-ring (bicyclic) bond motifs is 1. The second-order valence-electron chi connectivity index (χ2n) is 11.5. The van der Waals surface area contributed by atoms with Crippen LogP contribution < -0.4 is 0 Å². The number of unbranched alkanes of at least 4 members (excludes halogenated alkanes) is 1. The average molecular weight is 445 g/mol. The molecule has 3 heteroatoms. The summed E-state index contributed by atoms with van der Waals surface area (Å²) in [5, 5.41) is 0. The zero-order chi connectivity index (χ0) is 23.5. The molecular formula is C30H40N2O. The van der Waals surface area contributed by atoms with Crippen molar-refractivity contribution >= 4 is 11.9 Å². The molecule has 0 radical (unpaired) electrons. The molecule has 0 N–H and O–H groups in total. The van der Waals surface area contributed by atoms with E-state index in [1.165, 1.54) is 60.8 Å². The molecule has 0 saturated heterocycles. The number of aldehydes is 1. The van der Waals surface area contributed by atoms with E-state index in [0.717, 1.165) is 43.0 Å². The molecular weight excluding hydrogens is 404 g/mol. The van der Waals surface area contributed by atoms with Gasteiger partial charge in [0.1, 0.15) is 6.29 Å². The molecule has 0 amide bonds. The van der Waals surface area contributed by atoms with Gasteiger partial charge in [-0.1, -0.05) is 58.7 Å². The van der Waals surface area contributed by atoms with Crippen LogP contribution in [0.5, 0.6) is 0 Å². The predicted molar refractivity (Wildman–Crippen MR) is 137 cm³/mol.